The molecular formula is C18H20N2O. The van der Waals surface area contributed by atoms with Gasteiger partial charge in [-0.15, -0.1) is 0 Å². The van der Waals surface area contributed by atoms with Crippen LogP contribution < -0.4 is 10.1 Å². The van der Waals surface area contributed by atoms with E-state index in [1.165, 1.54) is 16.7 Å². The minimum atomic E-state index is 0.0898. The first-order valence-corrected chi connectivity index (χ1v) is 6.97. The third kappa shape index (κ3) is 3.35. The average molecular weight is 280 g/mol. The van der Waals surface area contributed by atoms with Crippen LogP contribution in [0, 0.1) is 25.2 Å². The molecular weight excluding hydrogens is 260 g/mol. The van der Waals surface area contributed by atoms with Crippen molar-refractivity contribution in [3.05, 3.63) is 58.7 Å². The molecule has 2 rings (SSSR count). The van der Waals surface area contributed by atoms with Crippen LogP contribution in [0.3, 0.4) is 0 Å². The van der Waals surface area contributed by atoms with Crippen molar-refractivity contribution in [1.82, 2.24) is 0 Å². The van der Waals surface area contributed by atoms with Gasteiger partial charge in [-0.05, 0) is 38.5 Å². The van der Waals surface area contributed by atoms with Crippen LogP contribution in [0.1, 0.15) is 35.2 Å². The molecule has 0 saturated heterocycles. The highest BCUT2D eigenvalue weighted by atomic mass is 16.5. The van der Waals surface area contributed by atoms with Crippen molar-refractivity contribution >= 4 is 5.69 Å². The minimum Gasteiger partial charge on any atom is -0.495 e. The summed E-state index contributed by atoms with van der Waals surface area (Å²) in [7, 11) is 1.61. The van der Waals surface area contributed by atoms with E-state index in [4.69, 9.17) is 4.74 Å². The summed E-state index contributed by atoms with van der Waals surface area (Å²) in [5.41, 5.74) is 5.00. The maximum atomic E-state index is 9.26. The van der Waals surface area contributed by atoms with E-state index in [0.29, 0.717) is 11.3 Å². The van der Waals surface area contributed by atoms with Crippen LogP contribution in [-0.4, -0.2) is 7.11 Å². The quantitative estimate of drug-likeness (QED) is 0.905. The number of benzene rings is 2. The van der Waals surface area contributed by atoms with Gasteiger partial charge in [0.25, 0.3) is 0 Å². The summed E-state index contributed by atoms with van der Waals surface area (Å²) in [5.74, 6) is 0.685. The standard InChI is InChI=1S/C18H20N2O/c1-12-8-13(2)10-16(9-12)14(3)20-18-15(11-19)6-5-7-17(18)21-4/h5-10,14,20H,1-4H3. The maximum absolute atomic E-state index is 9.26. The number of para-hydroxylation sites is 1. The van der Waals surface area contributed by atoms with E-state index in [1.807, 2.05) is 12.1 Å². The third-order valence-corrected chi connectivity index (χ3v) is 3.47. The summed E-state index contributed by atoms with van der Waals surface area (Å²) in [6.07, 6.45) is 0. The Balaban J connectivity index is 2.35. The second-order valence-corrected chi connectivity index (χ2v) is 5.28. The van der Waals surface area contributed by atoms with Gasteiger partial charge in [-0.1, -0.05) is 35.4 Å². The van der Waals surface area contributed by atoms with Crippen LogP contribution in [0.25, 0.3) is 0 Å². The van der Waals surface area contributed by atoms with Crippen molar-refractivity contribution < 1.29 is 4.74 Å². The van der Waals surface area contributed by atoms with Crippen molar-refractivity contribution in [3.8, 4) is 11.8 Å². The molecule has 2 aromatic carbocycles. The third-order valence-electron chi connectivity index (χ3n) is 3.47. The lowest BCUT2D eigenvalue weighted by Crippen LogP contribution is -2.09. The summed E-state index contributed by atoms with van der Waals surface area (Å²) in [4.78, 5) is 0. The molecule has 0 amide bonds. The van der Waals surface area contributed by atoms with Crippen LogP contribution >= 0.6 is 0 Å². The van der Waals surface area contributed by atoms with Gasteiger partial charge in [0.15, 0.2) is 0 Å². The summed E-state index contributed by atoms with van der Waals surface area (Å²) < 4.78 is 5.36. The Morgan fingerprint density at radius 1 is 1.14 bits per heavy atom. The summed E-state index contributed by atoms with van der Waals surface area (Å²) >= 11 is 0. The normalized spacial score (nSPS) is 11.6. The van der Waals surface area contributed by atoms with E-state index in [0.717, 1.165) is 5.69 Å². The van der Waals surface area contributed by atoms with E-state index < -0.39 is 0 Å². The highest BCUT2D eigenvalue weighted by Crippen LogP contribution is 2.31. The van der Waals surface area contributed by atoms with Crippen LogP contribution in [-0.2, 0) is 0 Å². The number of methoxy groups -OCH3 is 1. The average Bonchev–Trinajstić information content (AvgIpc) is 2.46. The molecule has 1 N–H and O–H groups in total. The fourth-order valence-corrected chi connectivity index (χ4v) is 2.50. The van der Waals surface area contributed by atoms with Gasteiger partial charge in [0.05, 0.1) is 18.4 Å². The van der Waals surface area contributed by atoms with Gasteiger partial charge in [0.1, 0.15) is 11.8 Å². The number of nitriles is 1. The zero-order valence-corrected chi connectivity index (χ0v) is 12.9. The molecule has 0 bridgehead atoms. The largest absolute Gasteiger partial charge is 0.495 e. The first-order valence-electron chi connectivity index (χ1n) is 6.97. The minimum absolute atomic E-state index is 0.0898. The molecule has 108 valence electrons. The molecule has 0 saturated carbocycles. The number of nitrogens with one attached hydrogen (secondary N) is 1. The Bertz CT molecular complexity index is 666. The zero-order chi connectivity index (χ0) is 15.4. The molecule has 0 fully saturated rings. The number of aryl methyl sites for hydroxylation is 2. The molecule has 1 atom stereocenters. The van der Waals surface area contributed by atoms with E-state index in [1.54, 1.807) is 13.2 Å². The number of hydrogen-bond acceptors (Lipinski definition) is 3. The van der Waals surface area contributed by atoms with Gasteiger partial charge in [-0.2, -0.15) is 5.26 Å². The summed E-state index contributed by atoms with van der Waals surface area (Å²) in [5, 5.41) is 12.7. The molecule has 21 heavy (non-hydrogen) atoms. The first-order chi connectivity index (χ1) is 10.0. The molecule has 3 nitrogen and oxygen atoms in total. The summed E-state index contributed by atoms with van der Waals surface area (Å²) in [6.45, 7) is 6.27. The molecule has 0 heterocycles. The molecule has 0 aliphatic heterocycles. The number of ether oxygens (including phenoxy) is 1. The van der Waals surface area contributed by atoms with Crippen molar-refractivity contribution in [2.45, 2.75) is 26.8 Å². The zero-order valence-electron chi connectivity index (χ0n) is 12.9. The summed E-state index contributed by atoms with van der Waals surface area (Å²) in [6, 6.07) is 14.2. The molecule has 3 heteroatoms. The van der Waals surface area contributed by atoms with E-state index in [-0.39, 0.29) is 6.04 Å². The van der Waals surface area contributed by atoms with Gasteiger partial charge < -0.3 is 10.1 Å². The Labute approximate surface area is 126 Å². The van der Waals surface area contributed by atoms with Crippen molar-refractivity contribution in [1.29, 1.82) is 5.26 Å². The molecule has 0 aromatic heterocycles. The predicted molar refractivity (Wildman–Crippen MR) is 85.7 cm³/mol. The molecule has 1 unspecified atom stereocenters. The van der Waals surface area contributed by atoms with Crippen molar-refractivity contribution in [3.63, 3.8) is 0 Å². The number of rotatable bonds is 4. The molecule has 0 radical (unpaired) electrons. The lowest BCUT2D eigenvalue weighted by Gasteiger charge is -2.19. The first kappa shape index (κ1) is 14.9. The van der Waals surface area contributed by atoms with Gasteiger partial charge in [-0.3, -0.25) is 0 Å². The maximum Gasteiger partial charge on any atom is 0.143 e. The number of anilines is 1. The predicted octanol–water partition coefficient (Wildman–Crippen LogP) is 4.36. The Kier molecular flexibility index (Phi) is 4.49. The SMILES string of the molecule is COc1cccc(C#N)c1NC(C)c1cc(C)cc(C)c1. The number of nitrogens with zero attached hydrogens (tertiary/aromatic N) is 1. The van der Waals surface area contributed by atoms with Crippen LogP contribution in [0.15, 0.2) is 36.4 Å². The van der Waals surface area contributed by atoms with Crippen LogP contribution in [0.4, 0.5) is 5.69 Å². The molecule has 2 aromatic rings. The Morgan fingerprint density at radius 3 is 2.38 bits per heavy atom. The van der Waals surface area contributed by atoms with E-state index >= 15 is 0 Å². The molecule has 0 aliphatic carbocycles. The Hall–Kier alpha value is -2.47. The Morgan fingerprint density at radius 2 is 1.81 bits per heavy atom. The fraction of sp³-hybridized carbons (Fsp3) is 0.278. The highest BCUT2D eigenvalue weighted by Gasteiger charge is 2.13. The van der Waals surface area contributed by atoms with Crippen molar-refractivity contribution in [2.24, 2.45) is 0 Å². The smallest absolute Gasteiger partial charge is 0.143 e. The van der Waals surface area contributed by atoms with E-state index in [2.05, 4.69) is 50.4 Å². The molecule has 0 aliphatic rings. The van der Waals surface area contributed by atoms with Gasteiger partial charge in [0, 0.05) is 6.04 Å². The second-order valence-electron chi connectivity index (χ2n) is 5.28. The molecule has 0 spiro atoms. The lowest BCUT2D eigenvalue weighted by atomic mass is 10.0. The van der Waals surface area contributed by atoms with Gasteiger partial charge in [-0.25, -0.2) is 0 Å². The number of hydrogen-bond donors (Lipinski definition) is 1. The second kappa shape index (κ2) is 6.32. The monoisotopic (exact) mass is 280 g/mol. The van der Waals surface area contributed by atoms with Crippen molar-refractivity contribution in [2.75, 3.05) is 12.4 Å². The highest BCUT2D eigenvalue weighted by molar-refractivity contribution is 5.67. The van der Waals surface area contributed by atoms with Gasteiger partial charge in [0.2, 0.25) is 0 Å². The fourth-order valence-electron chi connectivity index (χ4n) is 2.50. The van der Waals surface area contributed by atoms with Crippen LogP contribution in [0.5, 0.6) is 5.75 Å². The van der Waals surface area contributed by atoms with Crippen LogP contribution in [0.2, 0.25) is 0 Å². The van der Waals surface area contributed by atoms with Gasteiger partial charge >= 0.3 is 0 Å². The topological polar surface area (TPSA) is 45.0 Å². The lowest BCUT2D eigenvalue weighted by molar-refractivity contribution is 0.416. The van der Waals surface area contributed by atoms with E-state index in [9.17, 15) is 5.26 Å².